The second-order valence-electron chi connectivity index (χ2n) is 5.79. The molecule has 0 aliphatic heterocycles. The Kier molecular flexibility index (Phi) is 6.52. The van der Waals surface area contributed by atoms with Crippen molar-refractivity contribution in [1.29, 1.82) is 0 Å². The third kappa shape index (κ3) is 6.06. The van der Waals surface area contributed by atoms with E-state index in [9.17, 15) is 9.90 Å². The molecule has 1 aromatic carbocycles. The molecule has 0 saturated carbocycles. The van der Waals surface area contributed by atoms with E-state index in [1.54, 1.807) is 12.1 Å². The molecular weight excluding hydrogens is 252 g/mol. The van der Waals surface area contributed by atoms with Crippen molar-refractivity contribution in [1.82, 2.24) is 5.32 Å². The van der Waals surface area contributed by atoms with E-state index in [0.29, 0.717) is 12.3 Å². The topological polar surface area (TPSA) is 75.3 Å². The third-order valence-corrected chi connectivity index (χ3v) is 3.49. The van der Waals surface area contributed by atoms with Crippen LogP contribution in [0.2, 0.25) is 0 Å². The van der Waals surface area contributed by atoms with Gasteiger partial charge >= 0.3 is 0 Å². The number of benzene rings is 1. The average molecular weight is 278 g/mol. The summed E-state index contributed by atoms with van der Waals surface area (Å²) in [5.74, 6) is 0.607. The predicted octanol–water partition coefficient (Wildman–Crippen LogP) is 2.20. The molecule has 0 aliphatic carbocycles. The normalized spacial score (nSPS) is 14.1. The number of carbonyl (C=O) groups is 1. The lowest BCUT2D eigenvalue weighted by Crippen LogP contribution is -2.38. The van der Waals surface area contributed by atoms with Crippen LogP contribution in [0.4, 0.5) is 0 Å². The van der Waals surface area contributed by atoms with Gasteiger partial charge in [-0.2, -0.15) is 0 Å². The fourth-order valence-electron chi connectivity index (χ4n) is 1.90. The summed E-state index contributed by atoms with van der Waals surface area (Å²) in [6, 6.07) is 7.20. The van der Waals surface area contributed by atoms with Crippen molar-refractivity contribution < 1.29 is 9.90 Å². The molecule has 0 fully saturated rings. The van der Waals surface area contributed by atoms with Gasteiger partial charge in [0.25, 0.3) is 0 Å². The Morgan fingerprint density at radius 2 is 1.85 bits per heavy atom. The van der Waals surface area contributed by atoms with E-state index in [1.807, 2.05) is 32.9 Å². The lowest BCUT2D eigenvalue weighted by atomic mass is 10.0. The molecule has 112 valence electrons. The van der Waals surface area contributed by atoms with Crippen LogP contribution in [0.1, 0.15) is 39.2 Å². The van der Waals surface area contributed by atoms with Gasteiger partial charge in [-0.1, -0.05) is 26.0 Å². The van der Waals surface area contributed by atoms with E-state index >= 15 is 0 Å². The van der Waals surface area contributed by atoms with Crippen LogP contribution in [0.25, 0.3) is 0 Å². The molecule has 4 heteroatoms. The van der Waals surface area contributed by atoms with Gasteiger partial charge in [-0.05, 0) is 43.4 Å². The number of hydrogen-bond acceptors (Lipinski definition) is 3. The predicted molar refractivity (Wildman–Crippen MR) is 81.5 cm³/mol. The van der Waals surface area contributed by atoms with Gasteiger partial charge in [0, 0.05) is 18.5 Å². The standard InChI is InChI=1S/C16H26N2O2/c1-11(2)15(17)10-16(20)18-12(3)4-5-13-6-8-14(19)9-7-13/h6-9,11-12,15,19H,4-5,10,17H2,1-3H3,(H,18,20). The largest absolute Gasteiger partial charge is 0.508 e. The first-order valence-corrected chi connectivity index (χ1v) is 7.21. The van der Waals surface area contributed by atoms with Gasteiger partial charge in [-0.25, -0.2) is 0 Å². The van der Waals surface area contributed by atoms with Crippen molar-refractivity contribution in [2.45, 2.75) is 52.1 Å². The van der Waals surface area contributed by atoms with Crippen molar-refractivity contribution in [2.75, 3.05) is 0 Å². The number of nitrogens with two attached hydrogens (primary N) is 1. The summed E-state index contributed by atoms with van der Waals surface area (Å²) < 4.78 is 0. The smallest absolute Gasteiger partial charge is 0.221 e. The number of hydrogen-bond donors (Lipinski definition) is 3. The van der Waals surface area contributed by atoms with Crippen LogP contribution in [-0.2, 0) is 11.2 Å². The fourth-order valence-corrected chi connectivity index (χ4v) is 1.90. The quantitative estimate of drug-likeness (QED) is 0.715. The second-order valence-corrected chi connectivity index (χ2v) is 5.79. The van der Waals surface area contributed by atoms with Crippen LogP contribution in [0.15, 0.2) is 24.3 Å². The zero-order chi connectivity index (χ0) is 15.1. The summed E-state index contributed by atoms with van der Waals surface area (Å²) in [4.78, 5) is 11.8. The highest BCUT2D eigenvalue weighted by Gasteiger charge is 2.14. The van der Waals surface area contributed by atoms with Crippen LogP contribution in [0.5, 0.6) is 5.75 Å². The Hall–Kier alpha value is -1.55. The summed E-state index contributed by atoms with van der Waals surface area (Å²) in [6.45, 7) is 6.04. The number of phenolic OH excluding ortho intramolecular Hbond substituents is 1. The number of amides is 1. The number of rotatable bonds is 7. The summed E-state index contributed by atoms with van der Waals surface area (Å²) in [5, 5.41) is 12.2. The number of carbonyl (C=O) groups excluding carboxylic acids is 1. The summed E-state index contributed by atoms with van der Waals surface area (Å²) in [5.41, 5.74) is 7.04. The second kappa shape index (κ2) is 7.90. The maximum Gasteiger partial charge on any atom is 0.221 e. The van der Waals surface area contributed by atoms with Crippen LogP contribution in [-0.4, -0.2) is 23.1 Å². The van der Waals surface area contributed by atoms with Crippen LogP contribution in [0, 0.1) is 5.92 Å². The molecule has 1 aromatic rings. The van der Waals surface area contributed by atoms with E-state index in [0.717, 1.165) is 18.4 Å². The van der Waals surface area contributed by atoms with E-state index in [4.69, 9.17) is 5.73 Å². The Morgan fingerprint density at radius 3 is 2.40 bits per heavy atom. The molecule has 0 aromatic heterocycles. The molecular formula is C16H26N2O2. The Bertz CT molecular complexity index is 415. The Morgan fingerprint density at radius 1 is 1.25 bits per heavy atom. The minimum Gasteiger partial charge on any atom is -0.508 e. The molecule has 1 amide bonds. The lowest BCUT2D eigenvalue weighted by Gasteiger charge is -2.18. The van der Waals surface area contributed by atoms with Gasteiger partial charge in [0.05, 0.1) is 0 Å². The number of aryl methyl sites for hydroxylation is 1. The number of phenols is 1. The molecule has 0 saturated heterocycles. The molecule has 2 unspecified atom stereocenters. The minimum absolute atomic E-state index is 0.0180. The van der Waals surface area contributed by atoms with Gasteiger partial charge in [-0.3, -0.25) is 4.79 Å². The van der Waals surface area contributed by atoms with Crippen molar-refractivity contribution in [3.63, 3.8) is 0 Å². The van der Waals surface area contributed by atoms with Gasteiger partial charge in [0.2, 0.25) is 5.91 Å². The number of nitrogens with one attached hydrogen (secondary N) is 1. The SMILES string of the molecule is CC(CCc1ccc(O)cc1)NC(=O)CC(N)C(C)C. The Labute approximate surface area is 121 Å². The van der Waals surface area contributed by atoms with E-state index in [2.05, 4.69) is 5.32 Å². The van der Waals surface area contributed by atoms with Gasteiger partial charge < -0.3 is 16.2 Å². The molecule has 0 radical (unpaired) electrons. The molecule has 0 spiro atoms. The van der Waals surface area contributed by atoms with Gasteiger partial charge in [0.1, 0.15) is 5.75 Å². The molecule has 0 aliphatic rings. The van der Waals surface area contributed by atoms with Crippen LogP contribution < -0.4 is 11.1 Å². The lowest BCUT2D eigenvalue weighted by molar-refractivity contribution is -0.122. The summed E-state index contributed by atoms with van der Waals surface area (Å²) >= 11 is 0. The first-order valence-electron chi connectivity index (χ1n) is 7.21. The molecule has 0 bridgehead atoms. The Balaban J connectivity index is 2.31. The van der Waals surface area contributed by atoms with Crippen molar-refractivity contribution in [2.24, 2.45) is 11.7 Å². The highest BCUT2D eigenvalue weighted by molar-refractivity contribution is 5.76. The van der Waals surface area contributed by atoms with E-state index < -0.39 is 0 Å². The first kappa shape index (κ1) is 16.5. The van der Waals surface area contributed by atoms with E-state index in [1.165, 1.54) is 0 Å². The monoisotopic (exact) mass is 278 g/mol. The highest BCUT2D eigenvalue weighted by atomic mass is 16.3. The fraction of sp³-hybridized carbons (Fsp3) is 0.562. The van der Waals surface area contributed by atoms with Crippen molar-refractivity contribution in [3.8, 4) is 5.75 Å². The van der Waals surface area contributed by atoms with Crippen molar-refractivity contribution in [3.05, 3.63) is 29.8 Å². The number of aromatic hydroxyl groups is 1. The molecule has 20 heavy (non-hydrogen) atoms. The molecule has 0 heterocycles. The summed E-state index contributed by atoms with van der Waals surface area (Å²) in [7, 11) is 0. The molecule has 4 N–H and O–H groups in total. The third-order valence-electron chi connectivity index (χ3n) is 3.49. The van der Waals surface area contributed by atoms with E-state index in [-0.39, 0.29) is 23.7 Å². The van der Waals surface area contributed by atoms with Crippen LogP contribution in [0.3, 0.4) is 0 Å². The zero-order valence-electron chi connectivity index (χ0n) is 12.6. The highest BCUT2D eigenvalue weighted by Crippen LogP contribution is 2.12. The maximum atomic E-state index is 11.8. The summed E-state index contributed by atoms with van der Waals surface area (Å²) in [6.07, 6.45) is 2.12. The average Bonchev–Trinajstić information content (AvgIpc) is 2.37. The molecule has 1 rings (SSSR count). The van der Waals surface area contributed by atoms with Gasteiger partial charge in [0.15, 0.2) is 0 Å². The van der Waals surface area contributed by atoms with Gasteiger partial charge in [-0.15, -0.1) is 0 Å². The molecule has 2 atom stereocenters. The minimum atomic E-state index is -0.0840. The van der Waals surface area contributed by atoms with Crippen molar-refractivity contribution >= 4 is 5.91 Å². The first-order chi connectivity index (χ1) is 9.38. The maximum absolute atomic E-state index is 11.8. The zero-order valence-corrected chi connectivity index (χ0v) is 12.6. The molecule has 4 nitrogen and oxygen atoms in total. The van der Waals surface area contributed by atoms with Crippen LogP contribution >= 0.6 is 0 Å².